The van der Waals surface area contributed by atoms with Crippen LogP contribution in [-0.4, -0.2) is 23.1 Å². The number of piperidine rings is 1. The monoisotopic (exact) mass is 337 g/mol. The molecule has 0 unspecified atom stereocenters. The van der Waals surface area contributed by atoms with Gasteiger partial charge in [0, 0.05) is 17.3 Å². The fraction of sp³-hybridized carbons (Fsp3) is 0.381. The van der Waals surface area contributed by atoms with E-state index >= 15 is 0 Å². The topological polar surface area (TPSA) is 53.7 Å². The Morgan fingerprint density at radius 2 is 1.88 bits per heavy atom. The Balaban J connectivity index is 1.91. The number of hydrogen-bond donors (Lipinski definition) is 1. The van der Waals surface area contributed by atoms with Gasteiger partial charge in [-0.05, 0) is 56.5 Å². The molecule has 4 rings (SSSR count). The first-order valence-corrected chi connectivity index (χ1v) is 8.94. The molecule has 0 amide bonds. The summed E-state index contributed by atoms with van der Waals surface area (Å²) in [7, 11) is 0. The minimum absolute atomic E-state index is 0.210. The first-order valence-electron chi connectivity index (χ1n) is 8.94. The lowest BCUT2D eigenvalue weighted by Gasteiger charge is -2.30. The maximum atomic E-state index is 12.4. The van der Waals surface area contributed by atoms with Crippen molar-refractivity contribution in [1.29, 1.82) is 0 Å². The maximum absolute atomic E-state index is 12.4. The lowest BCUT2D eigenvalue weighted by molar-refractivity contribution is 0.183. The highest BCUT2D eigenvalue weighted by atomic mass is 16.4. The zero-order chi connectivity index (χ0) is 17.6. The Hall–Kier alpha value is -2.33. The van der Waals surface area contributed by atoms with Crippen LogP contribution < -0.4 is 5.63 Å². The molecule has 0 bridgehead atoms. The molecule has 4 nitrogen and oxygen atoms in total. The SMILES string of the molecule is Cc1cc(O)c(CN2CCC(C)CC2)c2oc(=O)c3ccccc3c12. The van der Waals surface area contributed by atoms with Crippen LogP contribution in [0.3, 0.4) is 0 Å². The normalized spacial score (nSPS) is 16.7. The summed E-state index contributed by atoms with van der Waals surface area (Å²) in [6, 6.07) is 9.30. The summed E-state index contributed by atoms with van der Waals surface area (Å²) in [4.78, 5) is 14.8. The highest BCUT2D eigenvalue weighted by molar-refractivity contribution is 6.07. The van der Waals surface area contributed by atoms with E-state index in [1.807, 2.05) is 25.1 Å². The lowest BCUT2D eigenvalue weighted by Crippen LogP contribution is -2.32. The number of rotatable bonds is 2. The van der Waals surface area contributed by atoms with E-state index in [9.17, 15) is 9.90 Å². The van der Waals surface area contributed by atoms with Crippen LogP contribution in [0.25, 0.3) is 21.7 Å². The first-order chi connectivity index (χ1) is 12.0. The van der Waals surface area contributed by atoms with E-state index < -0.39 is 0 Å². The number of aromatic hydroxyl groups is 1. The predicted molar refractivity (Wildman–Crippen MR) is 100 cm³/mol. The summed E-state index contributed by atoms with van der Waals surface area (Å²) in [5.74, 6) is 0.962. The number of benzene rings is 2. The molecule has 2 aromatic carbocycles. The number of aryl methyl sites for hydroxylation is 1. The molecule has 1 aromatic heterocycles. The second kappa shape index (κ2) is 6.19. The Kier molecular flexibility index (Phi) is 4.00. The van der Waals surface area contributed by atoms with Crippen LogP contribution in [0, 0.1) is 12.8 Å². The summed E-state index contributed by atoms with van der Waals surface area (Å²) >= 11 is 0. The zero-order valence-corrected chi connectivity index (χ0v) is 14.7. The van der Waals surface area contributed by atoms with Crippen LogP contribution in [0.4, 0.5) is 0 Å². The van der Waals surface area contributed by atoms with Gasteiger partial charge in [-0.3, -0.25) is 4.90 Å². The van der Waals surface area contributed by atoms with Crippen LogP contribution in [0.5, 0.6) is 5.75 Å². The molecule has 25 heavy (non-hydrogen) atoms. The Morgan fingerprint density at radius 1 is 1.20 bits per heavy atom. The summed E-state index contributed by atoms with van der Waals surface area (Å²) in [6.45, 7) is 6.85. The van der Waals surface area contributed by atoms with Gasteiger partial charge in [-0.25, -0.2) is 4.79 Å². The molecule has 0 radical (unpaired) electrons. The molecule has 1 fully saturated rings. The summed E-state index contributed by atoms with van der Waals surface area (Å²) < 4.78 is 5.69. The third kappa shape index (κ3) is 2.81. The van der Waals surface area contributed by atoms with Gasteiger partial charge in [0.1, 0.15) is 11.3 Å². The van der Waals surface area contributed by atoms with Crippen molar-refractivity contribution in [3.05, 3.63) is 51.9 Å². The van der Waals surface area contributed by atoms with E-state index in [0.717, 1.165) is 53.7 Å². The lowest BCUT2D eigenvalue weighted by atomic mass is 9.97. The van der Waals surface area contributed by atoms with Gasteiger partial charge in [-0.2, -0.15) is 0 Å². The van der Waals surface area contributed by atoms with Gasteiger partial charge in [0.25, 0.3) is 0 Å². The van der Waals surface area contributed by atoms with Gasteiger partial charge in [0.05, 0.1) is 10.9 Å². The van der Waals surface area contributed by atoms with Crippen LogP contribution in [-0.2, 0) is 6.54 Å². The smallest absolute Gasteiger partial charge is 0.344 e. The Labute approximate surface area is 146 Å². The third-order valence-electron chi connectivity index (χ3n) is 5.43. The van der Waals surface area contributed by atoms with Crippen LogP contribution in [0.1, 0.15) is 30.9 Å². The zero-order valence-electron chi connectivity index (χ0n) is 14.7. The van der Waals surface area contributed by atoms with Gasteiger partial charge in [0.15, 0.2) is 0 Å². The van der Waals surface area contributed by atoms with E-state index in [-0.39, 0.29) is 11.4 Å². The molecular weight excluding hydrogens is 314 g/mol. The molecule has 0 atom stereocenters. The average Bonchev–Trinajstić information content (AvgIpc) is 2.60. The number of nitrogens with zero attached hydrogens (tertiary/aromatic N) is 1. The molecule has 0 aliphatic carbocycles. The number of likely N-dealkylation sites (tertiary alicyclic amines) is 1. The van der Waals surface area contributed by atoms with Gasteiger partial charge in [0.2, 0.25) is 0 Å². The molecule has 1 N–H and O–H groups in total. The fourth-order valence-electron chi connectivity index (χ4n) is 3.88. The quantitative estimate of drug-likeness (QED) is 0.563. The van der Waals surface area contributed by atoms with Crippen molar-refractivity contribution < 1.29 is 9.52 Å². The molecular formula is C21H23NO3. The van der Waals surface area contributed by atoms with Crippen molar-refractivity contribution in [2.24, 2.45) is 5.92 Å². The second-order valence-corrected chi connectivity index (χ2v) is 7.29. The highest BCUT2D eigenvalue weighted by Crippen LogP contribution is 2.35. The van der Waals surface area contributed by atoms with E-state index in [4.69, 9.17) is 4.42 Å². The number of phenols is 1. The van der Waals surface area contributed by atoms with Crippen molar-refractivity contribution in [3.8, 4) is 5.75 Å². The Bertz CT molecular complexity index is 997. The Morgan fingerprint density at radius 3 is 2.60 bits per heavy atom. The molecule has 1 saturated heterocycles. The highest BCUT2D eigenvalue weighted by Gasteiger charge is 2.21. The van der Waals surface area contributed by atoms with Crippen molar-refractivity contribution in [3.63, 3.8) is 0 Å². The predicted octanol–water partition coefficient (Wildman–Crippen LogP) is 4.19. The number of hydrogen-bond acceptors (Lipinski definition) is 4. The number of fused-ring (bicyclic) bond motifs is 3. The molecule has 1 aliphatic heterocycles. The second-order valence-electron chi connectivity index (χ2n) is 7.29. The summed E-state index contributed by atoms with van der Waals surface area (Å²) in [6.07, 6.45) is 2.33. The van der Waals surface area contributed by atoms with Crippen LogP contribution in [0.2, 0.25) is 0 Å². The van der Waals surface area contributed by atoms with Gasteiger partial charge < -0.3 is 9.52 Å². The van der Waals surface area contributed by atoms with Crippen molar-refractivity contribution in [2.45, 2.75) is 33.2 Å². The molecule has 0 spiro atoms. The van der Waals surface area contributed by atoms with Crippen LogP contribution >= 0.6 is 0 Å². The number of phenolic OH excluding ortho intramolecular Hbond substituents is 1. The summed E-state index contributed by atoms with van der Waals surface area (Å²) in [5, 5.41) is 12.9. The summed E-state index contributed by atoms with van der Waals surface area (Å²) in [5.41, 5.74) is 1.82. The first kappa shape index (κ1) is 16.2. The molecule has 0 saturated carbocycles. The largest absolute Gasteiger partial charge is 0.507 e. The van der Waals surface area contributed by atoms with Gasteiger partial charge in [-0.1, -0.05) is 25.1 Å². The van der Waals surface area contributed by atoms with Gasteiger partial charge >= 0.3 is 5.63 Å². The molecule has 130 valence electrons. The van der Waals surface area contributed by atoms with E-state index in [1.54, 1.807) is 12.1 Å². The van der Waals surface area contributed by atoms with Crippen LogP contribution in [0.15, 0.2) is 39.5 Å². The fourth-order valence-corrected chi connectivity index (χ4v) is 3.88. The molecule has 1 aliphatic rings. The minimum atomic E-state index is -0.346. The van der Waals surface area contributed by atoms with E-state index in [1.165, 1.54) is 0 Å². The van der Waals surface area contributed by atoms with Crippen molar-refractivity contribution >= 4 is 21.7 Å². The van der Waals surface area contributed by atoms with Crippen molar-refractivity contribution in [1.82, 2.24) is 4.90 Å². The van der Waals surface area contributed by atoms with Crippen molar-refractivity contribution in [2.75, 3.05) is 13.1 Å². The third-order valence-corrected chi connectivity index (χ3v) is 5.43. The molecule has 2 heterocycles. The average molecular weight is 337 g/mol. The maximum Gasteiger partial charge on any atom is 0.344 e. The standard InChI is InChI=1S/C21H23NO3/c1-13-7-9-22(10-8-13)12-17-18(23)11-14(2)19-15-5-3-4-6-16(15)21(24)25-20(17)19/h3-6,11,13,23H,7-10,12H2,1-2H3. The van der Waals surface area contributed by atoms with E-state index in [0.29, 0.717) is 17.5 Å². The molecule has 3 aromatic rings. The molecule has 4 heteroatoms. The van der Waals surface area contributed by atoms with E-state index in [2.05, 4.69) is 11.8 Å². The minimum Gasteiger partial charge on any atom is -0.507 e. The van der Waals surface area contributed by atoms with Gasteiger partial charge in [-0.15, -0.1) is 0 Å².